The Labute approximate surface area is 144 Å². The molecule has 132 valence electrons. The van der Waals surface area contributed by atoms with Crippen LogP contribution in [0.1, 0.15) is 60.2 Å². The van der Waals surface area contributed by atoms with Crippen molar-refractivity contribution in [1.82, 2.24) is 10.2 Å². The Morgan fingerprint density at radius 2 is 1.75 bits per heavy atom. The van der Waals surface area contributed by atoms with E-state index in [1.54, 1.807) is 24.3 Å². The lowest BCUT2D eigenvalue weighted by atomic mass is 10.1. The number of carbonyl (C=O) groups is 2. The Hall–Kier alpha value is -1.88. The van der Waals surface area contributed by atoms with Crippen molar-refractivity contribution in [3.63, 3.8) is 0 Å². The third kappa shape index (κ3) is 5.06. The molecule has 2 rings (SSSR count). The van der Waals surface area contributed by atoms with Crippen molar-refractivity contribution in [3.05, 3.63) is 35.4 Å². The Morgan fingerprint density at radius 1 is 1.12 bits per heavy atom. The summed E-state index contributed by atoms with van der Waals surface area (Å²) in [5.41, 5.74) is 1.20. The van der Waals surface area contributed by atoms with Crippen LogP contribution in [0.5, 0.6) is 0 Å². The van der Waals surface area contributed by atoms with E-state index >= 15 is 0 Å². The third-order valence-electron chi connectivity index (χ3n) is 4.18. The van der Waals surface area contributed by atoms with Crippen molar-refractivity contribution >= 4 is 11.8 Å². The van der Waals surface area contributed by atoms with Crippen LogP contribution in [0.15, 0.2) is 24.3 Å². The fraction of sp³-hybridized carbons (Fsp3) is 0.579. The molecule has 0 aromatic heterocycles. The first-order valence-electron chi connectivity index (χ1n) is 8.94. The lowest BCUT2D eigenvalue weighted by Crippen LogP contribution is -2.33. The molecule has 0 bridgehead atoms. The number of benzene rings is 1. The van der Waals surface area contributed by atoms with E-state index in [1.807, 2.05) is 4.90 Å². The number of amides is 2. The van der Waals surface area contributed by atoms with Gasteiger partial charge in [-0.3, -0.25) is 9.59 Å². The summed E-state index contributed by atoms with van der Waals surface area (Å²) in [5, 5.41) is 2.89. The van der Waals surface area contributed by atoms with Gasteiger partial charge in [0.15, 0.2) is 0 Å². The van der Waals surface area contributed by atoms with Gasteiger partial charge < -0.3 is 15.0 Å². The molecule has 1 saturated heterocycles. The second-order valence-corrected chi connectivity index (χ2v) is 6.21. The molecule has 0 radical (unpaired) electrons. The standard InChI is InChI=1S/C19H28N2O3/c1-3-11-21(12-4-2)19(23)16-9-7-15(8-10-16)18(22)20-14-17-6-5-13-24-17/h7-10,17H,3-6,11-14H2,1-2H3,(H,20,22). The van der Waals surface area contributed by atoms with Crippen molar-refractivity contribution in [2.45, 2.75) is 45.6 Å². The Bertz CT molecular complexity index is 530. The van der Waals surface area contributed by atoms with E-state index in [0.29, 0.717) is 17.7 Å². The number of carbonyl (C=O) groups excluding carboxylic acids is 2. The summed E-state index contributed by atoms with van der Waals surface area (Å²) in [6.07, 6.45) is 4.07. The van der Waals surface area contributed by atoms with E-state index in [-0.39, 0.29) is 17.9 Å². The van der Waals surface area contributed by atoms with Gasteiger partial charge in [0, 0.05) is 37.4 Å². The first-order chi connectivity index (χ1) is 11.7. The summed E-state index contributed by atoms with van der Waals surface area (Å²) in [5.74, 6) is -0.0894. The van der Waals surface area contributed by atoms with Gasteiger partial charge >= 0.3 is 0 Å². The molecular formula is C19H28N2O3. The van der Waals surface area contributed by atoms with Gasteiger partial charge in [0.25, 0.3) is 11.8 Å². The lowest BCUT2D eigenvalue weighted by molar-refractivity contribution is 0.0754. The summed E-state index contributed by atoms with van der Waals surface area (Å²) in [4.78, 5) is 26.5. The highest BCUT2D eigenvalue weighted by Crippen LogP contribution is 2.12. The Morgan fingerprint density at radius 3 is 2.29 bits per heavy atom. The summed E-state index contributed by atoms with van der Waals surface area (Å²) >= 11 is 0. The van der Waals surface area contributed by atoms with Crippen LogP contribution >= 0.6 is 0 Å². The van der Waals surface area contributed by atoms with Crippen LogP contribution in [0.4, 0.5) is 0 Å². The molecule has 5 heteroatoms. The predicted molar refractivity (Wildman–Crippen MR) is 94.2 cm³/mol. The van der Waals surface area contributed by atoms with Gasteiger partial charge in [0.2, 0.25) is 0 Å². The van der Waals surface area contributed by atoms with Gasteiger partial charge in [-0.1, -0.05) is 13.8 Å². The molecule has 2 amide bonds. The third-order valence-corrected chi connectivity index (χ3v) is 4.18. The number of nitrogens with zero attached hydrogens (tertiary/aromatic N) is 1. The van der Waals surface area contributed by atoms with Gasteiger partial charge in [-0.2, -0.15) is 0 Å². The summed E-state index contributed by atoms with van der Waals surface area (Å²) in [7, 11) is 0. The van der Waals surface area contributed by atoms with Crippen LogP contribution in [0, 0.1) is 0 Å². The second-order valence-electron chi connectivity index (χ2n) is 6.21. The van der Waals surface area contributed by atoms with Gasteiger partial charge in [0.1, 0.15) is 0 Å². The maximum atomic E-state index is 12.5. The van der Waals surface area contributed by atoms with Crippen molar-refractivity contribution in [2.75, 3.05) is 26.2 Å². The Kier molecular flexibility index (Phi) is 7.25. The zero-order valence-electron chi connectivity index (χ0n) is 14.7. The average Bonchev–Trinajstić information content (AvgIpc) is 3.12. The fourth-order valence-electron chi connectivity index (χ4n) is 2.92. The average molecular weight is 332 g/mol. The molecule has 1 heterocycles. The van der Waals surface area contributed by atoms with Crippen LogP contribution in [-0.4, -0.2) is 49.1 Å². The van der Waals surface area contributed by atoms with Crippen molar-refractivity contribution in [3.8, 4) is 0 Å². The smallest absolute Gasteiger partial charge is 0.253 e. The minimum Gasteiger partial charge on any atom is -0.376 e. The maximum absolute atomic E-state index is 12.5. The van der Waals surface area contributed by atoms with Crippen molar-refractivity contribution in [2.24, 2.45) is 0 Å². The monoisotopic (exact) mass is 332 g/mol. The van der Waals surface area contributed by atoms with Gasteiger partial charge in [-0.05, 0) is 49.9 Å². The molecule has 0 saturated carbocycles. The van der Waals surface area contributed by atoms with E-state index in [2.05, 4.69) is 19.2 Å². The highest BCUT2D eigenvalue weighted by atomic mass is 16.5. The molecular weight excluding hydrogens is 304 g/mol. The maximum Gasteiger partial charge on any atom is 0.253 e. The molecule has 1 unspecified atom stereocenters. The number of nitrogens with one attached hydrogen (secondary N) is 1. The molecule has 1 aromatic carbocycles. The Balaban J connectivity index is 1.93. The fourth-order valence-corrected chi connectivity index (χ4v) is 2.92. The van der Waals surface area contributed by atoms with Crippen LogP contribution in [0.3, 0.4) is 0 Å². The van der Waals surface area contributed by atoms with Crippen LogP contribution < -0.4 is 5.32 Å². The molecule has 1 aromatic rings. The topological polar surface area (TPSA) is 58.6 Å². The molecule has 1 atom stereocenters. The first-order valence-corrected chi connectivity index (χ1v) is 8.94. The molecule has 0 aliphatic carbocycles. The summed E-state index contributed by atoms with van der Waals surface area (Å²) in [6.45, 7) is 6.98. The van der Waals surface area contributed by atoms with Crippen molar-refractivity contribution in [1.29, 1.82) is 0 Å². The van der Waals surface area contributed by atoms with Gasteiger partial charge in [0.05, 0.1) is 6.10 Å². The minimum atomic E-state index is -0.122. The van der Waals surface area contributed by atoms with E-state index in [0.717, 1.165) is 45.4 Å². The van der Waals surface area contributed by atoms with Crippen LogP contribution in [-0.2, 0) is 4.74 Å². The molecule has 0 spiro atoms. The zero-order valence-corrected chi connectivity index (χ0v) is 14.7. The minimum absolute atomic E-state index is 0.0324. The summed E-state index contributed by atoms with van der Waals surface area (Å²) in [6, 6.07) is 6.91. The highest BCUT2D eigenvalue weighted by molar-refractivity contribution is 5.97. The second kappa shape index (κ2) is 9.42. The number of rotatable bonds is 8. The zero-order chi connectivity index (χ0) is 17.4. The molecule has 5 nitrogen and oxygen atoms in total. The number of ether oxygens (including phenoxy) is 1. The SMILES string of the molecule is CCCN(CCC)C(=O)c1ccc(C(=O)NCC2CCCO2)cc1. The number of hydrogen-bond donors (Lipinski definition) is 1. The van der Waals surface area contributed by atoms with E-state index in [4.69, 9.17) is 4.74 Å². The van der Waals surface area contributed by atoms with E-state index in [1.165, 1.54) is 0 Å². The predicted octanol–water partition coefficient (Wildman–Crippen LogP) is 2.86. The molecule has 24 heavy (non-hydrogen) atoms. The summed E-state index contributed by atoms with van der Waals surface area (Å²) < 4.78 is 5.50. The number of hydrogen-bond acceptors (Lipinski definition) is 3. The quantitative estimate of drug-likeness (QED) is 0.796. The largest absolute Gasteiger partial charge is 0.376 e. The van der Waals surface area contributed by atoms with E-state index in [9.17, 15) is 9.59 Å². The van der Waals surface area contributed by atoms with Crippen molar-refractivity contribution < 1.29 is 14.3 Å². The molecule has 1 fully saturated rings. The molecule has 1 aliphatic heterocycles. The normalized spacial score (nSPS) is 16.8. The first kappa shape index (κ1) is 18.5. The molecule has 1 aliphatic rings. The highest BCUT2D eigenvalue weighted by Gasteiger charge is 2.18. The van der Waals surface area contributed by atoms with Gasteiger partial charge in [-0.15, -0.1) is 0 Å². The van der Waals surface area contributed by atoms with Crippen LogP contribution in [0.25, 0.3) is 0 Å². The van der Waals surface area contributed by atoms with Gasteiger partial charge in [-0.25, -0.2) is 0 Å². The molecule has 1 N–H and O–H groups in total. The van der Waals surface area contributed by atoms with E-state index < -0.39 is 0 Å². The lowest BCUT2D eigenvalue weighted by Gasteiger charge is -2.21. The van der Waals surface area contributed by atoms with Crippen LogP contribution in [0.2, 0.25) is 0 Å².